The molecule has 164 valence electrons. The molecule has 3 aromatic carbocycles. The van der Waals surface area contributed by atoms with E-state index in [-0.39, 0.29) is 11.4 Å². The molecular formula is C24H19Br2ClN2O2S. The van der Waals surface area contributed by atoms with Crippen LogP contribution in [0, 0.1) is 6.92 Å². The molecule has 1 saturated heterocycles. The van der Waals surface area contributed by atoms with Gasteiger partial charge in [-0.15, -0.1) is 0 Å². The van der Waals surface area contributed by atoms with Crippen molar-refractivity contribution >= 4 is 72.9 Å². The van der Waals surface area contributed by atoms with E-state index >= 15 is 0 Å². The van der Waals surface area contributed by atoms with E-state index in [9.17, 15) is 4.79 Å². The summed E-state index contributed by atoms with van der Waals surface area (Å²) in [6.07, 6.45) is 1.85. The first-order chi connectivity index (χ1) is 15.4. The van der Waals surface area contributed by atoms with Gasteiger partial charge in [0.15, 0.2) is 5.50 Å². The highest BCUT2D eigenvalue weighted by Crippen LogP contribution is 2.38. The summed E-state index contributed by atoms with van der Waals surface area (Å²) in [6, 6.07) is 19.4. The van der Waals surface area contributed by atoms with Crippen LogP contribution in [0.25, 0.3) is 6.08 Å². The number of anilines is 1. The lowest BCUT2D eigenvalue weighted by atomic mass is 10.1. The minimum absolute atomic E-state index is 0.135. The Hall–Kier alpha value is -1.93. The number of hydrogen-bond acceptors (Lipinski definition) is 4. The maximum Gasteiger partial charge on any atom is 0.260 e. The molecule has 4 nitrogen and oxygen atoms in total. The zero-order valence-corrected chi connectivity index (χ0v) is 21.7. The van der Waals surface area contributed by atoms with E-state index in [1.807, 2.05) is 73.7 Å². The summed E-state index contributed by atoms with van der Waals surface area (Å²) < 4.78 is 7.82. The summed E-state index contributed by atoms with van der Waals surface area (Å²) in [7, 11) is 0. The van der Waals surface area contributed by atoms with E-state index in [0.29, 0.717) is 22.3 Å². The van der Waals surface area contributed by atoms with Gasteiger partial charge in [-0.2, -0.15) is 0 Å². The van der Waals surface area contributed by atoms with Gasteiger partial charge in [0, 0.05) is 20.7 Å². The Morgan fingerprint density at radius 2 is 1.94 bits per heavy atom. The smallest absolute Gasteiger partial charge is 0.260 e. The lowest BCUT2D eigenvalue weighted by molar-refractivity contribution is -0.116. The highest BCUT2D eigenvalue weighted by Gasteiger charge is 2.28. The highest BCUT2D eigenvalue weighted by molar-refractivity contribution is 9.11. The topological polar surface area (TPSA) is 50.4 Å². The molecule has 1 aliphatic rings. The molecule has 1 unspecified atom stereocenters. The average Bonchev–Trinajstić information content (AvgIpc) is 3.09. The third-order valence-electron chi connectivity index (χ3n) is 4.76. The van der Waals surface area contributed by atoms with Gasteiger partial charge in [0.05, 0.1) is 9.38 Å². The minimum Gasteiger partial charge on any atom is -0.487 e. The number of thioether (sulfide) groups is 1. The molecule has 1 atom stereocenters. The molecular weight excluding hydrogens is 576 g/mol. The molecule has 8 heteroatoms. The van der Waals surface area contributed by atoms with Crippen LogP contribution in [0.4, 0.5) is 5.69 Å². The Labute approximate surface area is 213 Å². The van der Waals surface area contributed by atoms with Crippen LogP contribution in [0.15, 0.2) is 74.5 Å². The SMILES string of the molecule is Cc1cc(Cl)ccc1NC1NC(=O)/C(=C/c2cc(Br)cc(Br)c2OCc2ccccc2)S1. The third kappa shape index (κ3) is 5.70. The molecule has 0 aliphatic carbocycles. The maximum absolute atomic E-state index is 12.7. The molecule has 1 heterocycles. The van der Waals surface area contributed by atoms with Crippen molar-refractivity contribution in [1.29, 1.82) is 0 Å². The van der Waals surface area contributed by atoms with Crippen molar-refractivity contribution in [2.75, 3.05) is 5.32 Å². The number of aryl methyl sites for hydroxylation is 1. The van der Waals surface area contributed by atoms with Crippen molar-refractivity contribution in [1.82, 2.24) is 5.32 Å². The predicted molar refractivity (Wildman–Crippen MR) is 140 cm³/mol. The Morgan fingerprint density at radius 3 is 2.69 bits per heavy atom. The van der Waals surface area contributed by atoms with Crippen molar-refractivity contribution in [2.45, 2.75) is 19.0 Å². The van der Waals surface area contributed by atoms with Gasteiger partial charge in [0.2, 0.25) is 0 Å². The lowest BCUT2D eigenvalue weighted by Crippen LogP contribution is -2.31. The molecule has 1 amide bonds. The number of rotatable bonds is 6. The van der Waals surface area contributed by atoms with Gasteiger partial charge in [-0.05, 0) is 70.4 Å². The van der Waals surface area contributed by atoms with Gasteiger partial charge in [0.25, 0.3) is 5.91 Å². The van der Waals surface area contributed by atoms with Crippen LogP contribution in [0.3, 0.4) is 0 Å². The first kappa shape index (κ1) is 23.2. The van der Waals surface area contributed by atoms with E-state index < -0.39 is 0 Å². The summed E-state index contributed by atoms with van der Waals surface area (Å²) >= 11 is 14.6. The second kappa shape index (κ2) is 10.3. The molecule has 0 saturated carbocycles. The van der Waals surface area contributed by atoms with Crippen LogP contribution >= 0.6 is 55.2 Å². The molecule has 4 rings (SSSR count). The van der Waals surface area contributed by atoms with Crippen LogP contribution in [0.1, 0.15) is 16.7 Å². The van der Waals surface area contributed by atoms with Gasteiger partial charge in [-0.25, -0.2) is 0 Å². The summed E-state index contributed by atoms with van der Waals surface area (Å²) in [5.74, 6) is 0.548. The normalized spacial score (nSPS) is 16.8. The van der Waals surface area contributed by atoms with Crippen LogP contribution in [-0.4, -0.2) is 11.4 Å². The van der Waals surface area contributed by atoms with Crippen LogP contribution in [-0.2, 0) is 11.4 Å². The second-order valence-corrected chi connectivity index (χ2v) is 10.5. The van der Waals surface area contributed by atoms with Gasteiger partial charge >= 0.3 is 0 Å². The van der Waals surface area contributed by atoms with E-state index in [0.717, 1.165) is 31.3 Å². The second-order valence-electron chi connectivity index (χ2n) is 7.16. The van der Waals surface area contributed by atoms with E-state index in [1.165, 1.54) is 11.8 Å². The summed E-state index contributed by atoms with van der Waals surface area (Å²) in [6.45, 7) is 2.40. The lowest BCUT2D eigenvalue weighted by Gasteiger charge is -2.15. The molecule has 2 N–H and O–H groups in total. The molecule has 0 radical (unpaired) electrons. The minimum atomic E-state index is -0.280. The molecule has 0 bridgehead atoms. The van der Waals surface area contributed by atoms with Crippen LogP contribution < -0.4 is 15.4 Å². The van der Waals surface area contributed by atoms with Crippen molar-refractivity contribution < 1.29 is 9.53 Å². The van der Waals surface area contributed by atoms with Gasteiger partial charge in [-0.3, -0.25) is 4.79 Å². The molecule has 0 aromatic heterocycles. The summed E-state index contributed by atoms with van der Waals surface area (Å²) in [5, 5.41) is 7.00. The van der Waals surface area contributed by atoms with Crippen molar-refractivity contribution in [3.63, 3.8) is 0 Å². The number of nitrogens with one attached hydrogen (secondary N) is 2. The number of carbonyl (C=O) groups excluding carboxylic acids is 1. The number of carbonyl (C=O) groups is 1. The summed E-state index contributed by atoms with van der Waals surface area (Å²) in [4.78, 5) is 13.3. The fourth-order valence-corrected chi connectivity index (χ4v) is 5.77. The fourth-order valence-electron chi connectivity index (χ4n) is 3.21. The monoisotopic (exact) mass is 592 g/mol. The first-order valence-electron chi connectivity index (χ1n) is 9.77. The predicted octanol–water partition coefficient (Wildman–Crippen LogP) is 7.35. The Balaban J connectivity index is 1.55. The average molecular weight is 595 g/mol. The molecule has 1 aliphatic heterocycles. The van der Waals surface area contributed by atoms with Gasteiger partial charge < -0.3 is 15.4 Å². The standard InChI is InChI=1S/C24H19Br2ClN2O2S/c1-14-9-18(27)7-8-20(14)28-24-29-23(30)21(32-24)11-16-10-17(25)12-19(26)22(16)31-13-15-5-3-2-4-6-15/h2-12,24,28H,13H2,1H3,(H,29,30)/b21-11-. The zero-order chi connectivity index (χ0) is 22.7. The Kier molecular flexibility index (Phi) is 7.51. The number of hydrogen-bond donors (Lipinski definition) is 2. The number of benzene rings is 3. The molecule has 32 heavy (non-hydrogen) atoms. The first-order valence-corrected chi connectivity index (χ1v) is 12.6. The fraction of sp³-hybridized carbons (Fsp3) is 0.125. The third-order valence-corrected chi connectivity index (χ3v) is 7.07. The van der Waals surface area contributed by atoms with E-state index in [4.69, 9.17) is 16.3 Å². The number of halogens is 3. The van der Waals surface area contributed by atoms with Crippen molar-refractivity contribution in [3.8, 4) is 5.75 Å². The highest BCUT2D eigenvalue weighted by atomic mass is 79.9. The molecule has 1 fully saturated rings. The van der Waals surface area contributed by atoms with E-state index in [1.54, 1.807) is 0 Å². The number of amides is 1. The van der Waals surface area contributed by atoms with Gasteiger partial charge in [0.1, 0.15) is 12.4 Å². The quantitative estimate of drug-likeness (QED) is 0.293. The molecule has 3 aromatic rings. The largest absolute Gasteiger partial charge is 0.487 e. The Bertz CT molecular complexity index is 1190. The van der Waals surface area contributed by atoms with E-state index in [2.05, 4.69) is 42.5 Å². The maximum atomic E-state index is 12.7. The van der Waals surface area contributed by atoms with Crippen LogP contribution in [0.5, 0.6) is 5.75 Å². The van der Waals surface area contributed by atoms with Crippen molar-refractivity contribution in [3.05, 3.63) is 96.2 Å². The summed E-state index contributed by atoms with van der Waals surface area (Å²) in [5.41, 5.74) is 3.53. The molecule has 0 spiro atoms. The van der Waals surface area contributed by atoms with Crippen molar-refractivity contribution in [2.24, 2.45) is 0 Å². The van der Waals surface area contributed by atoms with Crippen LogP contribution in [0.2, 0.25) is 5.02 Å². The number of ether oxygens (including phenoxy) is 1. The van der Waals surface area contributed by atoms with Gasteiger partial charge in [-0.1, -0.05) is 69.6 Å². The zero-order valence-electron chi connectivity index (χ0n) is 17.0. The Morgan fingerprint density at radius 1 is 1.16 bits per heavy atom.